The zero-order chi connectivity index (χ0) is 17.4. The molecule has 2 aromatic heterocycles. The average molecular weight is 343 g/mol. The second kappa shape index (κ2) is 6.63. The van der Waals surface area contributed by atoms with Crippen molar-refractivity contribution in [3.63, 3.8) is 0 Å². The van der Waals surface area contributed by atoms with E-state index < -0.39 is 0 Å². The molecule has 1 aliphatic carbocycles. The summed E-state index contributed by atoms with van der Waals surface area (Å²) in [6, 6.07) is 0.170. The molecular weight excluding hydrogens is 318 g/mol. The molecule has 2 N–H and O–H groups in total. The van der Waals surface area contributed by atoms with Crippen LogP contribution in [0.15, 0.2) is 4.52 Å². The minimum Gasteiger partial charge on any atom is -0.361 e. The second-order valence-corrected chi connectivity index (χ2v) is 7.23. The summed E-state index contributed by atoms with van der Waals surface area (Å²) in [7, 11) is 0. The van der Waals surface area contributed by atoms with Crippen LogP contribution in [0, 0.1) is 13.8 Å². The molecule has 134 valence electrons. The molecule has 4 rings (SSSR count). The van der Waals surface area contributed by atoms with Crippen LogP contribution in [0.1, 0.15) is 58.0 Å². The van der Waals surface area contributed by atoms with Crippen molar-refractivity contribution >= 4 is 5.91 Å². The van der Waals surface area contributed by atoms with Crippen LogP contribution in [0.25, 0.3) is 0 Å². The van der Waals surface area contributed by atoms with E-state index >= 15 is 0 Å². The van der Waals surface area contributed by atoms with Crippen molar-refractivity contribution in [1.29, 1.82) is 0 Å². The maximum Gasteiger partial charge on any atom is 0.272 e. The molecule has 0 spiro atoms. The smallest absolute Gasteiger partial charge is 0.272 e. The maximum absolute atomic E-state index is 12.6. The van der Waals surface area contributed by atoms with E-state index in [1.54, 1.807) is 0 Å². The fraction of sp³-hybridized carbons (Fsp3) is 0.611. The Hall–Kier alpha value is -2.15. The number of fused-ring (bicyclic) bond motifs is 1. The van der Waals surface area contributed by atoms with E-state index in [0.717, 1.165) is 73.6 Å². The Morgan fingerprint density at radius 2 is 2.20 bits per heavy atom. The minimum atomic E-state index is -0.0383. The number of amides is 1. The van der Waals surface area contributed by atoms with E-state index in [1.165, 1.54) is 6.42 Å². The van der Waals surface area contributed by atoms with Crippen LogP contribution in [0.2, 0.25) is 0 Å². The number of hydrogen-bond donors (Lipinski definition) is 2. The molecule has 7 heteroatoms. The number of carbonyl (C=O) groups excluding carboxylic acids is 1. The molecule has 1 aliphatic heterocycles. The number of carbonyl (C=O) groups is 1. The fourth-order valence-corrected chi connectivity index (χ4v) is 3.97. The third-order valence-electron chi connectivity index (χ3n) is 5.44. The summed E-state index contributed by atoms with van der Waals surface area (Å²) >= 11 is 0. The summed E-state index contributed by atoms with van der Waals surface area (Å²) in [6.45, 7) is 6.56. The van der Waals surface area contributed by atoms with Gasteiger partial charge in [0.25, 0.3) is 5.91 Å². The van der Waals surface area contributed by atoms with Crippen molar-refractivity contribution in [3.8, 4) is 0 Å². The van der Waals surface area contributed by atoms with Gasteiger partial charge in [0.2, 0.25) is 0 Å². The van der Waals surface area contributed by atoms with Crippen molar-refractivity contribution in [2.24, 2.45) is 0 Å². The first-order chi connectivity index (χ1) is 12.1. The molecule has 1 saturated heterocycles. The minimum absolute atomic E-state index is 0.0383. The van der Waals surface area contributed by atoms with Crippen molar-refractivity contribution < 1.29 is 9.32 Å². The van der Waals surface area contributed by atoms with Crippen LogP contribution in [0.4, 0.5) is 0 Å². The third kappa shape index (κ3) is 3.20. The average Bonchev–Trinajstić information content (AvgIpc) is 3.30. The monoisotopic (exact) mass is 343 g/mol. The van der Waals surface area contributed by atoms with Gasteiger partial charge in [0.05, 0.1) is 5.69 Å². The molecule has 0 aromatic carbocycles. The summed E-state index contributed by atoms with van der Waals surface area (Å²) in [5.74, 6) is 0.844. The zero-order valence-electron chi connectivity index (χ0n) is 14.9. The second-order valence-electron chi connectivity index (χ2n) is 7.23. The number of nitrogens with one attached hydrogen (secondary N) is 2. The van der Waals surface area contributed by atoms with Gasteiger partial charge in [-0.1, -0.05) is 5.16 Å². The van der Waals surface area contributed by atoms with E-state index in [4.69, 9.17) is 4.52 Å². The molecule has 1 amide bonds. The molecule has 0 radical (unpaired) electrons. The lowest BCUT2D eigenvalue weighted by molar-refractivity contribution is 0.0931. The molecule has 3 heterocycles. The number of H-pyrrole nitrogens is 1. The van der Waals surface area contributed by atoms with Crippen LogP contribution in [0.5, 0.6) is 0 Å². The van der Waals surface area contributed by atoms with Gasteiger partial charge in [-0.2, -0.15) is 5.10 Å². The molecule has 1 atom stereocenters. The molecule has 0 bridgehead atoms. The largest absolute Gasteiger partial charge is 0.361 e. The van der Waals surface area contributed by atoms with Crippen molar-refractivity contribution in [1.82, 2.24) is 25.6 Å². The number of hydrogen-bond acceptors (Lipinski definition) is 5. The van der Waals surface area contributed by atoms with Crippen LogP contribution < -0.4 is 5.32 Å². The van der Waals surface area contributed by atoms with Gasteiger partial charge in [-0.3, -0.25) is 14.8 Å². The quantitative estimate of drug-likeness (QED) is 0.885. The lowest BCUT2D eigenvalue weighted by atomic mass is 9.95. The first-order valence-electron chi connectivity index (χ1n) is 9.13. The van der Waals surface area contributed by atoms with E-state index in [-0.39, 0.29) is 11.9 Å². The van der Waals surface area contributed by atoms with Crippen LogP contribution in [-0.4, -0.2) is 45.3 Å². The first-order valence-corrected chi connectivity index (χ1v) is 9.13. The van der Waals surface area contributed by atoms with Crippen molar-refractivity contribution in [2.45, 2.75) is 58.5 Å². The van der Waals surface area contributed by atoms with Gasteiger partial charge in [0, 0.05) is 42.5 Å². The SMILES string of the molecule is Cc1noc(C)c1CN1CC[C@H](NC(=O)c2n[nH]c3c2CCCC3)C1. The molecule has 25 heavy (non-hydrogen) atoms. The van der Waals surface area contributed by atoms with Crippen molar-refractivity contribution in [3.05, 3.63) is 34.0 Å². The topological polar surface area (TPSA) is 87.1 Å². The Labute approximate surface area is 147 Å². The van der Waals surface area contributed by atoms with Crippen molar-refractivity contribution in [2.75, 3.05) is 13.1 Å². The number of rotatable bonds is 4. The van der Waals surface area contributed by atoms with Gasteiger partial charge >= 0.3 is 0 Å². The van der Waals surface area contributed by atoms with Gasteiger partial charge in [0.1, 0.15) is 5.76 Å². The summed E-state index contributed by atoms with van der Waals surface area (Å²) in [5, 5.41) is 14.5. The van der Waals surface area contributed by atoms with Gasteiger partial charge in [-0.15, -0.1) is 0 Å². The third-order valence-corrected chi connectivity index (χ3v) is 5.44. The summed E-state index contributed by atoms with van der Waals surface area (Å²) < 4.78 is 5.24. The predicted octanol–water partition coefficient (Wildman–Crippen LogP) is 1.90. The molecule has 7 nitrogen and oxygen atoms in total. The molecule has 1 fully saturated rings. The highest BCUT2D eigenvalue weighted by molar-refractivity contribution is 5.94. The van der Waals surface area contributed by atoms with E-state index in [9.17, 15) is 4.79 Å². The highest BCUT2D eigenvalue weighted by Crippen LogP contribution is 2.23. The highest BCUT2D eigenvalue weighted by atomic mass is 16.5. The molecule has 0 unspecified atom stereocenters. The highest BCUT2D eigenvalue weighted by Gasteiger charge is 2.28. The number of aromatic nitrogens is 3. The molecular formula is C18H25N5O2. The van der Waals surface area contributed by atoms with Crippen LogP contribution >= 0.6 is 0 Å². The Kier molecular flexibility index (Phi) is 4.33. The van der Waals surface area contributed by atoms with Crippen LogP contribution in [-0.2, 0) is 19.4 Å². The van der Waals surface area contributed by atoms with E-state index in [2.05, 4.69) is 25.6 Å². The van der Waals surface area contributed by atoms with Gasteiger partial charge in [-0.05, 0) is 46.0 Å². The number of likely N-dealkylation sites (tertiary alicyclic amines) is 1. The lowest BCUT2D eigenvalue weighted by Crippen LogP contribution is -2.37. The Morgan fingerprint density at radius 1 is 1.36 bits per heavy atom. The normalized spacial score (nSPS) is 20.6. The number of aryl methyl sites for hydroxylation is 3. The summed E-state index contributed by atoms with van der Waals surface area (Å²) in [5.41, 5.74) is 4.97. The Bertz CT molecular complexity index is 759. The Morgan fingerprint density at radius 3 is 3.00 bits per heavy atom. The van der Waals surface area contributed by atoms with Gasteiger partial charge in [0.15, 0.2) is 5.69 Å². The predicted molar refractivity (Wildman–Crippen MR) is 92.4 cm³/mol. The summed E-state index contributed by atoms with van der Waals surface area (Å²) in [4.78, 5) is 15.0. The molecule has 2 aliphatic rings. The van der Waals surface area contributed by atoms with E-state index in [1.807, 2.05) is 13.8 Å². The first kappa shape index (κ1) is 16.3. The fourth-order valence-electron chi connectivity index (χ4n) is 3.97. The maximum atomic E-state index is 12.6. The number of aromatic amines is 1. The number of nitrogens with zero attached hydrogens (tertiary/aromatic N) is 3. The van der Waals surface area contributed by atoms with E-state index in [0.29, 0.717) is 5.69 Å². The van der Waals surface area contributed by atoms with Crippen LogP contribution in [0.3, 0.4) is 0 Å². The molecule has 0 saturated carbocycles. The zero-order valence-corrected chi connectivity index (χ0v) is 14.9. The standard InChI is InChI=1S/C18H25N5O2/c1-11-15(12(2)25-22-11)10-23-8-7-13(9-23)19-18(24)17-14-5-3-4-6-16(14)20-21-17/h13H,3-10H2,1-2H3,(H,19,24)(H,20,21)/t13-/m0/s1. The Balaban J connectivity index is 1.36. The summed E-state index contributed by atoms with van der Waals surface area (Å²) in [6.07, 6.45) is 5.24. The molecule has 2 aromatic rings. The van der Waals surface area contributed by atoms with Gasteiger partial charge in [-0.25, -0.2) is 0 Å². The lowest BCUT2D eigenvalue weighted by Gasteiger charge is -2.17. The van der Waals surface area contributed by atoms with Gasteiger partial charge < -0.3 is 9.84 Å².